The van der Waals surface area contributed by atoms with E-state index in [4.69, 9.17) is 4.43 Å². The highest BCUT2D eigenvalue weighted by Gasteiger charge is 2.38. The number of benzene rings is 1. The van der Waals surface area contributed by atoms with Crippen molar-refractivity contribution in [2.75, 3.05) is 5.75 Å². The van der Waals surface area contributed by atoms with Gasteiger partial charge >= 0.3 is 0 Å². The summed E-state index contributed by atoms with van der Waals surface area (Å²) < 4.78 is 33.0. The summed E-state index contributed by atoms with van der Waals surface area (Å²) in [5, 5.41) is 0.119. The molecule has 0 amide bonds. The van der Waals surface area contributed by atoms with Gasteiger partial charge in [0.05, 0.1) is 22.1 Å². The standard InChI is InChI=1S/C27H39NO3S2Si/c1-7-8-9-10-11-13-18-23(31-34(5,6)27(2,3)4)19-14-12-17-22-33(29,30)26-28-24-20-15-16-21-25(24)32-26/h8-9,11-17,19-21,23H,7,10,18,22H2,1-6H3/b9-8-,13-11-,17-12+,19-14-. The van der Waals surface area contributed by atoms with Crippen LogP contribution in [0.2, 0.25) is 18.1 Å². The number of hydrogen-bond acceptors (Lipinski definition) is 5. The highest BCUT2D eigenvalue weighted by Crippen LogP contribution is 2.37. The molecule has 1 heterocycles. The molecule has 0 radical (unpaired) electrons. The van der Waals surface area contributed by atoms with Gasteiger partial charge in [-0.3, -0.25) is 0 Å². The Bertz CT molecular complexity index is 1100. The summed E-state index contributed by atoms with van der Waals surface area (Å²) >= 11 is 1.22. The zero-order valence-electron chi connectivity index (χ0n) is 21.3. The maximum Gasteiger partial charge on any atom is 0.210 e. The van der Waals surface area contributed by atoms with Crippen LogP contribution in [0.25, 0.3) is 10.2 Å². The van der Waals surface area contributed by atoms with Gasteiger partial charge in [0.25, 0.3) is 0 Å². The summed E-state index contributed by atoms with van der Waals surface area (Å²) in [6, 6.07) is 7.48. The molecule has 0 fully saturated rings. The van der Waals surface area contributed by atoms with Crippen LogP contribution in [0.1, 0.15) is 47.0 Å². The molecule has 0 aliphatic rings. The summed E-state index contributed by atoms with van der Waals surface area (Å²) in [4.78, 5) is 4.29. The predicted octanol–water partition coefficient (Wildman–Crippen LogP) is 7.88. The van der Waals surface area contributed by atoms with Crippen molar-refractivity contribution in [1.29, 1.82) is 0 Å². The summed E-state index contributed by atoms with van der Waals surface area (Å²) in [6.07, 6.45) is 18.8. The average Bonchev–Trinajstić information content (AvgIpc) is 3.20. The largest absolute Gasteiger partial charge is 0.410 e. The van der Waals surface area contributed by atoms with Crippen LogP contribution in [-0.4, -0.2) is 33.6 Å². The van der Waals surface area contributed by atoms with Crippen molar-refractivity contribution in [2.45, 2.75) is 75.5 Å². The van der Waals surface area contributed by atoms with Crippen molar-refractivity contribution in [3.8, 4) is 0 Å². The number of hydrogen-bond donors (Lipinski definition) is 0. The molecule has 1 aromatic carbocycles. The highest BCUT2D eigenvalue weighted by molar-refractivity contribution is 7.93. The van der Waals surface area contributed by atoms with E-state index in [2.05, 4.69) is 70.1 Å². The van der Waals surface area contributed by atoms with Crippen molar-refractivity contribution >= 4 is 39.7 Å². The van der Waals surface area contributed by atoms with E-state index in [1.165, 1.54) is 11.3 Å². The minimum absolute atomic E-state index is 0.0437. The van der Waals surface area contributed by atoms with Gasteiger partial charge in [0.2, 0.25) is 14.2 Å². The van der Waals surface area contributed by atoms with Crippen LogP contribution in [0.15, 0.2) is 77.2 Å². The van der Waals surface area contributed by atoms with Gasteiger partial charge in [-0.15, -0.1) is 11.3 Å². The van der Waals surface area contributed by atoms with Crippen LogP contribution in [0.4, 0.5) is 0 Å². The van der Waals surface area contributed by atoms with Crippen molar-refractivity contribution in [3.63, 3.8) is 0 Å². The zero-order chi connectivity index (χ0) is 25.2. The van der Waals surface area contributed by atoms with E-state index in [-0.39, 0.29) is 21.2 Å². The van der Waals surface area contributed by atoms with Crippen molar-refractivity contribution in [1.82, 2.24) is 4.98 Å². The molecule has 1 aromatic heterocycles. The third kappa shape index (κ3) is 8.76. The Morgan fingerprint density at radius 2 is 1.76 bits per heavy atom. The molecule has 0 bridgehead atoms. The Morgan fingerprint density at radius 1 is 1.06 bits per heavy atom. The van der Waals surface area contributed by atoms with Crippen LogP contribution in [0.5, 0.6) is 0 Å². The molecule has 2 rings (SSSR count). The fourth-order valence-corrected chi connectivity index (χ4v) is 6.60. The van der Waals surface area contributed by atoms with E-state index in [1.54, 1.807) is 12.2 Å². The Labute approximate surface area is 211 Å². The molecule has 0 N–H and O–H groups in total. The average molecular weight is 518 g/mol. The first kappa shape index (κ1) is 28.4. The molecule has 1 atom stereocenters. The highest BCUT2D eigenvalue weighted by atomic mass is 32.2. The second-order valence-corrected chi connectivity index (χ2v) is 17.8. The first-order valence-electron chi connectivity index (χ1n) is 11.9. The van der Waals surface area contributed by atoms with Crippen LogP contribution in [0.3, 0.4) is 0 Å². The third-order valence-electron chi connectivity index (χ3n) is 5.89. The molecular weight excluding hydrogens is 479 g/mol. The smallest absolute Gasteiger partial charge is 0.210 e. The second-order valence-electron chi connectivity index (χ2n) is 9.78. The SMILES string of the molecule is CC/C=C\C/C=C\CC(/C=C\C=C\CS(=O)(=O)c1nc2ccccc2s1)O[Si](C)(C)C(C)(C)C. The number of fused-ring (bicyclic) bond motifs is 1. The fourth-order valence-electron chi connectivity index (χ4n) is 2.89. The van der Waals surface area contributed by atoms with Gasteiger partial charge in [-0.2, -0.15) is 0 Å². The Balaban J connectivity index is 2.04. The number of sulfone groups is 1. The van der Waals surface area contributed by atoms with Gasteiger partial charge in [-0.25, -0.2) is 13.4 Å². The van der Waals surface area contributed by atoms with Crippen LogP contribution >= 0.6 is 11.3 Å². The molecule has 7 heteroatoms. The summed E-state index contributed by atoms with van der Waals surface area (Å²) in [5.41, 5.74) is 0.721. The summed E-state index contributed by atoms with van der Waals surface area (Å²) in [6.45, 7) is 13.3. The molecule has 0 spiro atoms. The molecule has 186 valence electrons. The Morgan fingerprint density at radius 3 is 2.44 bits per heavy atom. The number of nitrogens with zero attached hydrogens (tertiary/aromatic N) is 1. The zero-order valence-corrected chi connectivity index (χ0v) is 24.0. The quantitative estimate of drug-likeness (QED) is 0.163. The molecule has 0 saturated carbocycles. The van der Waals surface area contributed by atoms with E-state index in [0.717, 1.165) is 29.5 Å². The molecule has 2 aromatic rings. The number of thiazole rings is 1. The van der Waals surface area contributed by atoms with Gasteiger partial charge in [0.1, 0.15) is 0 Å². The lowest BCUT2D eigenvalue weighted by Gasteiger charge is -2.38. The molecule has 34 heavy (non-hydrogen) atoms. The number of para-hydroxylation sites is 1. The van der Waals surface area contributed by atoms with Crippen LogP contribution < -0.4 is 0 Å². The maximum absolute atomic E-state index is 12.7. The van der Waals surface area contributed by atoms with Crippen molar-refractivity contribution in [3.05, 3.63) is 72.9 Å². The van der Waals surface area contributed by atoms with E-state index in [9.17, 15) is 8.42 Å². The fraction of sp³-hybridized carbons (Fsp3) is 0.444. The molecule has 4 nitrogen and oxygen atoms in total. The van der Waals surface area contributed by atoms with Gasteiger partial charge in [0, 0.05) is 0 Å². The lowest BCUT2D eigenvalue weighted by atomic mass is 10.2. The predicted molar refractivity (Wildman–Crippen MR) is 150 cm³/mol. The Hall–Kier alpha value is -1.80. The normalized spacial score (nSPS) is 15.0. The molecular formula is C27H39NO3S2Si. The maximum atomic E-state index is 12.7. The number of rotatable bonds is 12. The van der Waals surface area contributed by atoms with Gasteiger partial charge in [-0.1, -0.05) is 88.4 Å². The van der Waals surface area contributed by atoms with Crippen molar-refractivity contribution < 1.29 is 12.8 Å². The minimum Gasteiger partial charge on any atom is -0.410 e. The lowest BCUT2D eigenvalue weighted by molar-refractivity contribution is 0.228. The summed E-state index contributed by atoms with van der Waals surface area (Å²) in [7, 11) is -5.39. The molecule has 1 unspecified atom stereocenters. The van der Waals surface area contributed by atoms with Crippen LogP contribution in [-0.2, 0) is 14.3 Å². The van der Waals surface area contributed by atoms with Gasteiger partial charge in [-0.05, 0) is 49.5 Å². The lowest BCUT2D eigenvalue weighted by Crippen LogP contribution is -2.43. The molecule has 0 saturated heterocycles. The topological polar surface area (TPSA) is 56.3 Å². The van der Waals surface area contributed by atoms with E-state index in [0.29, 0.717) is 0 Å². The molecule has 0 aliphatic heterocycles. The Kier molecular flexibility index (Phi) is 10.7. The number of aromatic nitrogens is 1. The van der Waals surface area contributed by atoms with E-state index in [1.807, 2.05) is 36.4 Å². The van der Waals surface area contributed by atoms with E-state index < -0.39 is 18.2 Å². The first-order valence-corrected chi connectivity index (χ1v) is 17.2. The van der Waals surface area contributed by atoms with Gasteiger partial charge < -0.3 is 4.43 Å². The monoisotopic (exact) mass is 517 g/mol. The van der Waals surface area contributed by atoms with Crippen molar-refractivity contribution in [2.24, 2.45) is 0 Å². The minimum atomic E-state index is -3.45. The van der Waals surface area contributed by atoms with Gasteiger partial charge in [0.15, 0.2) is 8.32 Å². The third-order valence-corrected chi connectivity index (χ3v) is 13.5. The first-order chi connectivity index (χ1) is 16.0. The second kappa shape index (κ2) is 12.8. The number of allylic oxidation sites excluding steroid dienone is 5. The summed E-state index contributed by atoms with van der Waals surface area (Å²) in [5.74, 6) is -0.0748. The van der Waals surface area contributed by atoms with E-state index >= 15 is 0 Å². The van der Waals surface area contributed by atoms with Crippen LogP contribution in [0, 0.1) is 0 Å². The molecule has 0 aliphatic carbocycles.